The monoisotopic (exact) mass is 318 g/mol. The highest BCUT2D eigenvalue weighted by Crippen LogP contribution is 2.07. The topological polar surface area (TPSA) is 54.0 Å². The highest BCUT2D eigenvalue weighted by molar-refractivity contribution is 5.60. The molecule has 0 aliphatic rings. The Balaban J connectivity index is 3.93. The minimum Gasteiger partial charge on any atom is -0.429 e. The third kappa shape index (κ3) is 11.8. The van der Waals surface area contributed by atoms with E-state index < -0.39 is 6.16 Å². The van der Waals surface area contributed by atoms with Crippen LogP contribution in [0.4, 0.5) is 4.79 Å². The molecule has 132 valence electrons. The van der Waals surface area contributed by atoms with Gasteiger partial charge in [-0.25, -0.2) is 4.79 Å². The molecule has 0 heterocycles. The van der Waals surface area contributed by atoms with Crippen molar-refractivity contribution >= 4 is 6.16 Å². The van der Waals surface area contributed by atoms with Crippen LogP contribution in [0.15, 0.2) is 0 Å². The normalized spacial score (nSPS) is 13.6. The number of carbonyl (C=O) groups excluding carboxylic acids is 1. The van der Waals surface area contributed by atoms with Crippen LogP contribution in [0.1, 0.15) is 66.2 Å². The molecule has 0 aliphatic carbocycles. The van der Waals surface area contributed by atoms with E-state index in [1.807, 2.05) is 13.8 Å². The van der Waals surface area contributed by atoms with Crippen LogP contribution in [-0.4, -0.2) is 44.8 Å². The van der Waals surface area contributed by atoms with E-state index in [0.29, 0.717) is 39.3 Å². The second-order valence-corrected chi connectivity index (χ2v) is 5.40. The van der Waals surface area contributed by atoms with Gasteiger partial charge in [0.25, 0.3) is 0 Å². The number of hydrogen-bond donors (Lipinski definition) is 0. The molecule has 0 fully saturated rings. The van der Waals surface area contributed by atoms with Crippen molar-refractivity contribution in [3.05, 3.63) is 0 Å². The molecule has 22 heavy (non-hydrogen) atoms. The van der Waals surface area contributed by atoms with Gasteiger partial charge in [-0.3, -0.25) is 0 Å². The largest absolute Gasteiger partial charge is 0.508 e. The number of ether oxygens (including phenoxy) is 4. The summed E-state index contributed by atoms with van der Waals surface area (Å²) in [5.41, 5.74) is 0. The summed E-state index contributed by atoms with van der Waals surface area (Å²) in [6.07, 6.45) is 4.53. The van der Waals surface area contributed by atoms with Crippen LogP contribution < -0.4 is 0 Å². The van der Waals surface area contributed by atoms with Gasteiger partial charge in [-0.15, -0.1) is 0 Å². The lowest BCUT2D eigenvalue weighted by Crippen LogP contribution is -2.28. The lowest BCUT2D eigenvalue weighted by Gasteiger charge is -2.20. The van der Waals surface area contributed by atoms with Gasteiger partial charge in [0, 0.05) is 13.2 Å². The van der Waals surface area contributed by atoms with Crippen LogP contribution in [-0.2, 0) is 18.9 Å². The molecule has 5 nitrogen and oxygen atoms in total. The minimum atomic E-state index is -0.628. The Morgan fingerprint density at radius 1 is 0.773 bits per heavy atom. The van der Waals surface area contributed by atoms with E-state index in [1.54, 1.807) is 0 Å². The average Bonchev–Trinajstić information content (AvgIpc) is 2.53. The maximum Gasteiger partial charge on any atom is 0.508 e. The van der Waals surface area contributed by atoms with Gasteiger partial charge >= 0.3 is 6.16 Å². The van der Waals surface area contributed by atoms with Crippen molar-refractivity contribution in [1.29, 1.82) is 0 Å². The third-order valence-electron chi connectivity index (χ3n) is 3.33. The van der Waals surface area contributed by atoms with Gasteiger partial charge in [0.15, 0.2) is 0 Å². The predicted octanol–water partition coefficient (Wildman–Crippen LogP) is 4.33. The van der Waals surface area contributed by atoms with E-state index in [2.05, 4.69) is 13.8 Å². The van der Waals surface area contributed by atoms with Gasteiger partial charge in [0.05, 0.1) is 13.2 Å². The maximum atomic E-state index is 11.8. The van der Waals surface area contributed by atoms with Crippen molar-refractivity contribution in [1.82, 2.24) is 0 Å². The maximum absolute atomic E-state index is 11.8. The molecule has 0 saturated heterocycles. The molecule has 2 unspecified atom stereocenters. The van der Waals surface area contributed by atoms with Gasteiger partial charge in [-0.2, -0.15) is 0 Å². The van der Waals surface area contributed by atoms with Crippen molar-refractivity contribution in [2.24, 2.45) is 0 Å². The van der Waals surface area contributed by atoms with Crippen molar-refractivity contribution < 1.29 is 23.7 Å². The van der Waals surface area contributed by atoms with Crippen molar-refractivity contribution in [3.63, 3.8) is 0 Å². The number of unbranched alkanes of at least 4 members (excludes halogenated alkanes) is 2. The van der Waals surface area contributed by atoms with Crippen LogP contribution in [0.25, 0.3) is 0 Å². The molecular weight excluding hydrogens is 284 g/mol. The second-order valence-electron chi connectivity index (χ2n) is 5.40. The average molecular weight is 318 g/mol. The smallest absolute Gasteiger partial charge is 0.429 e. The summed E-state index contributed by atoms with van der Waals surface area (Å²) in [6, 6.07) is 0. The number of rotatable bonds is 14. The first-order chi connectivity index (χ1) is 10.7. The summed E-state index contributed by atoms with van der Waals surface area (Å²) in [5.74, 6) is 0. The number of carbonyl (C=O) groups is 1. The van der Waals surface area contributed by atoms with Gasteiger partial charge in [0.2, 0.25) is 0 Å². The lowest BCUT2D eigenvalue weighted by atomic mass is 10.3. The Hall–Kier alpha value is -0.810. The van der Waals surface area contributed by atoms with E-state index in [4.69, 9.17) is 18.9 Å². The van der Waals surface area contributed by atoms with Gasteiger partial charge in [-0.1, -0.05) is 40.5 Å². The van der Waals surface area contributed by atoms with Gasteiger partial charge in [0.1, 0.15) is 12.2 Å². The van der Waals surface area contributed by atoms with E-state index in [-0.39, 0.29) is 12.2 Å². The van der Waals surface area contributed by atoms with Crippen LogP contribution >= 0.6 is 0 Å². The van der Waals surface area contributed by atoms with Crippen LogP contribution in [0.5, 0.6) is 0 Å². The van der Waals surface area contributed by atoms with Crippen molar-refractivity contribution in [2.75, 3.05) is 26.4 Å². The molecule has 0 spiro atoms. The summed E-state index contributed by atoms with van der Waals surface area (Å²) in [4.78, 5) is 11.8. The van der Waals surface area contributed by atoms with Crippen molar-refractivity contribution in [3.8, 4) is 0 Å². The molecule has 0 saturated carbocycles. The van der Waals surface area contributed by atoms with E-state index >= 15 is 0 Å². The highest BCUT2D eigenvalue weighted by atomic mass is 16.7. The zero-order chi connectivity index (χ0) is 16.6. The first-order valence-corrected chi connectivity index (χ1v) is 8.70. The fourth-order valence-corrected chi connectivity index (χ4v) is 1.69. The molecule has 0 aromatic heterocycles. The van der Waals surface area contributed by atoms with Gasteiger partial charge < -0.3 is 18.9 Å². The fraction of sp³-hybridized carbons (Fsp3) is 0.941. The second kappa shape index (κ2) is 15.1. The summed E-state index contributed by atoms with van der Waals surface area (Å²) < 4.78 is 21.6. The molecular formula is C17H34O5. The Morgan fingerprint density at radius 3 is 1.50 bits per heavy atom. The predicted molar refractivity (Wildman–Crippen MR) is 87.2 cm³/mol. The molecule has 0 rings (SSSR count). The summed E-state index contributed by atoms with van der Waals surface area (Å²) >= 11 is 0. The first kappa shape index (κ1) is 21.2. The number of hydrogen-bond acceptors (Lipinski definition) is 5. The Morgan fingerprint density at radius 2 is 1.18 bits per heavy atom. The molecule has 0 amide bonds. The minimum absolute atomic E-state index is 0.247. The standard InChI is InChI=1S/C17H34O5/c1-5-9-11-19-13-15(7-3)21-17(18)22-16(8-4)14-20-12-10-6-2/h15-16H,5-14H2,1-4H3. The van der Waals surface area contributed by atoms with E-state index in [0.717, 1.165) is 25.7 Å². The van der Waals surface area contributed by atoms with E-state index in [9.17, 15) is 4.79 Å². The van der Waals surface area contributed by atoms with Gasteiger partial charge in [-0.05, 0) is 25.7 Å². The fourth-order valence-electron chi connectivity index (χ4n) is 1.69. The summed E-state index contributed by atoms with van der Waals surface area (Å²) in [6.45, 7) is 10.4. The van der Waals surface area contributed by atoms with Crippen LogP contribution in [0, 0.1) is 0 Å². The Labute approximate surface area is 135 Å². The Bertz CT molecular complexity index is 233. The highest BCUT2D eigenvalue weighted by Gasteiger charge is 2.18. The molecule has 0 aromatic rings. The van der Waals surface area contributed by atoms with Crippen molar-refractivity contribution in [2.45, 2.75) is 78.4 Å². The molecule has 0 aliphatic heterocycles. The molecule has 0 radical (unpaired) electrons. The zero-order valence-electron chi connectivity index (χ0n) is 14.8. The molecule has 0 aromatic carbocycles. The lowest BCUT2D eigenvalue weighted by molar-refractivity contribution is -0.0496. The van der Waals surface area contributed by atoms with E-state index in [1.165, 1.54) is 0 Å². The van der Waals surface area contributed by atoms with Crippen LogP contribution in [0.2, 0.25) is 0 Å². The molecule has 2 atom stereocenters. The first-order valence-electron chi connectivity index (χ1n) is 8.70. The molecule has 0 N–H and O–H groups in total. The zero-order valence-corrected chi connectivity index (χ0v) is 14.8. The van der Waals surface area contributed by atoms with Crippen LogP contribution in [0.3, 0.4) is 0 Å². The molecule has 0 bridgehead atoms. The third-order valence-corrected chi connectivity index (χ3v) is 3.33. The quantitative estimate of drug-likeness (QED) is 0.352. The summed E-state index contributed by atoms with van der Waals surface area (Å²) in [7, 11) is 0. The SMILES string of the molecule is CCCCOCC(CC)OC(=O)OC(CC)COCCCC. The Kier molecular flexibility index (Phi) is 14.5. The summed E-state index contributed by atoms with van der Waals surface area (Å²) in [5, 5.41) is 0. The molecule has 5 heteroatoms.